The number of aliphatic imine (C=N–C) groups is 1. The summed E-state index contributed by atoms with van der Waals surface area (Å²) in [6.07, 6.45) is 0.696. The van der Waals surface area contributed by atoms with E-state index in [0.717, 1.165) is 23.8 Å². The lowest BCUT2D eigenvalue weighted by Crippen LogP contribution is -2.39. The van der Waals surface area contributed by atoms with Gasteiger partial charge in [0.05, 0.1) is 11.4 Å². The number of aryl methyl sites for hydroxylation is 1. The van der Waals surface area contributed by atoms with Gasteiger partial charge >= 0.3 is 0 Å². The summed E-state index contributed by atoms with van der Waals surface area (Å²) < 4.78 is 28.3. The van der Waals surface area contributed by atoms with Crippen molar-refractivity contribution in [3.05, 3.63) is 59.7 Å². The average Bonchev–Trinajstić information content (AvgIpc) is 2.66. The summed E-state index contributed by atoms with van der Waals surface area (Å²) in [7, 11) is -3.66. The van der Waals surface area contributed by atoms with Crippen LogP contribution in [0.1, 0.15) is 18.1 Å². The number of sulfonamides is 1. The summed E-state index contributed by atoms with van der Waals surface area (Å²) in [5.41, 5.74) is 2.20. The van der Waals surface area contributed by atoms with Crippen LogP contribution in [0, 0.1) is 6.92 Å². The van der Waals surface area contributed by atoms with E-state index in [1.807, 2.05) is 38.1 Å². The number of ether oxygens (including phenoxy) is 1. The molecule has 152 valence electrons. The molecule has 2 rings (SSSR count). The summed E-state index contributed by atoms with van der Waals surface area (Å²) in [6, 6.07) is 14.5. The maximum atomic E-state index is 11.3. The SMILES string of the molecule is CCNC(=NCCc1ccc(S(N)(=O)=O)cc1)NCCOc1ccc(C)cc1. The molecule has 0 aliphatic rings. The monoisotopic (exact) mass is 404 g/mol. The van der Waals surface area contributed by atoms with E-state index in [9.17, 15) is 8.42 Å². The van der Waals surface area contributed by atoms with Crippen molar-refractivity contribution in [3.63, 3.8) is 0 Å². The molecule has 0 spiro atoms. The first-order valence-corrected chi connectivity index (χ1v) is 10.8. The average molecular weight is 405 g/mol. The number of nitrogens with two attached hydrogens (primary N) is 1. The number of benzene rings is 2. The Morgan fingerprint density at radius 2 is 1.75 bits per heavy atom. The zero-order valence-corrected chi connectivity index (χ0v) is 17.1. The largest absolute Gasteiger partial charge is 0.492 e. The van der Waals surface area contributed by atoms with Gasteiger partial charge in [0.1, 0.15) is 12.4 Å². The highest BCUT2D eigenvalue weighted by Gasteiger charge is 2.06. The van der Waals surface area contributed by atoms with Crippen molar-refractivity contribution in [2.75, 3.05) is 26.2 Å². The van der Waals surface area contributed by atoms with Crippen LogP contribution in [0.25, 0.3) is 0 Å². The van der Waals surface area contributed by atoms with Gasteiger partial charge < -0.3 is 15.4 Å². The second kappa shape index (κ2) is 10.7. The van der Waals surface area contributed by atoms with Crippen LogP contribution >= 0.6 is 0 Å². The first-order valence-electron chi connectivity index (χ1n) is 9.22. The Labute approximate surface area is 167 Å². The molecule has 0 aliphatic heterocycles. The Morgan fingerprint density at radius 1 is 1.07 bits per heavy atom. The highest BCUT2D eigenvalue weighted by atomic mass is 32.2. The Bertz CT molecular complexity index is 863. The van der Waals surface area contributed by atoms with E-state index in [1.54, 1.807) is 12.1 Å². The number of hydrogen-bond acceptors (Lipinski definition) is 4. The summed E-state index contributed by atoms with van der Waals surface area (Å²) in [5.74, 6) is 1.56. The maximum absolute atomic E-state index is 11.3. The highest BCUT2D eigenvalue weighted by molar-refractivity contribution is 7.89. The number of nitrogens with one attached hydrogen (secondary N) is 2. The van der Waals surface area contributed by atoms with Gasteiger partial charge in [0, 0.05) is 13.1 Å². The third-order valence-electron chi connectivity index (χ3n) is 3.95. The fourth-order valence-electron chi connectivity index (χ4n) is 2.46. The molecule has 0 aliphatic carbocycles. The molecule has 0 bridgehead atoms. The third kappa shape index (κ3) is 7.58. The lowest BCUT2D eigenvalue weighted by molar-refractivity contribution is 0.322. The van der Waals surface area contributed by atoms with E-state index >= 15 is 0 Å². The molecule has 0 aromatic heterocycles. The molecule has 0 unspecified atom stereocenters. The van der Waals surface area contributed by atoms with E-state index in [0.29, 0.717) is 26.1 Å². The predicted molar refractivity (Wildman–Crippen MR) is 112 cm³/mol. The maximum Gasteiger partial charge on any atom is 0.238 e. The minimum atomic E-state index is -3.66. The number of primary sulfonamides is 1. The van der Waals surface area contributed by atoms with Gasteiger partial charge in [-0.2, -0.15) is 0 Å². The minimum Gasteiger partial charge on any atom is -0.492 e. The van der Waals surface area contributed by atoms with Crippen molar-refractivity contribution in [1.29, 1.82) is 0 Å². The molecule has 7 nitrogen and oxygen atoms in total. The van der Waals surface area contributed by atoms with Gasteiger partial charge in [-0.25, -0.2) is 13.6 Å². The van der Waals surface area contributed by atoms with Crippen molar-refractivity contribution in [1.82, 2.24) is 10.6 Å². The van der Waals surface area contributed by atoms with Crippen molar-refractivity contribution in [2.24, 2.45) is 10.1 Å². The molecular weight excluding hydrogens is 376 g/mol. The zero-order chi connectivity index (χ0) is 20.4. The second-order valence-electron chi connectivity index (χ2n) is 6.29. The molecule has 0 amide bonds. The summed E-state index contributed by atoms with van der Waals surface area (Å²) >= 11 is 0. The number of rotatable bonds is 9. The van der Waals surface area contributed by atoms with Crippen molar-refractivity contribution >= 4 is 16.0 Å². The number of nitrogens with zero attached hydrogens (tertiary/aromatic N) is 1. The van der Waals surface area contributed by atoms with Crippen LogP contribution in [0.2, 0.25) is 0 Å². The van der Waals surface area contributed by atoms with Gasteiger partial charge in [0.25, 0.3) is 0 Å². The first kappa shape index (κ1) is 21.7. The summed E-state index contributed by atoms with van der Waals surface area (Å²) in [4.78, 5) is 4.65. The van der Waals surface area contributed by atoms with Crippen LogP contribution in [0.4, 0.5) is 0 Å². The van der Waals surface area contributed by atoms with Crippen LogP contribution in [0.15, 0.2) is 58.4 Å². The third-order valence-corrected chi connectivity index (χ3v) is 4.88. The standard InChI is InChI=1S/C20H28N4O3S/c1-3-22-20(24-14-15-27-18-8-4-16(2)5-9-18)23-13-12-17-6-10-19(11-7-17)28(21,25)26/h4-11H,3,12-15H2,1-2H3,(H2,21,25,26)(H2,22,23,24). The Balaban J connectivity index is 1.78. The highest BCUT2D eigenvalue weighted by Crippen LogP contribution is 2.11. The smallest absolute Gasteiger partial charge is 0.238 e. The van der Waals surface area contributed by atoms with Crippen molar-refractivity contribution < 1.29 is 13.2 Å². The Hall–Kier alpha value is -2.58. The number of guanidine groups is 1. The van der Waals surface area contributed by atoms with Gasteiger partial charge in [0.15, 0.2) is 5.96 Å². The van der Waals surface area contributed by atoms with Crippen LogP contribution in [-0.4, -0.2) is 40.6 Å². The zero-order valence-electron chi connectivity index (χ0n) is 16.3. The van der Waals surface area contributed by atoms with Crippen LogP contribution < -0.4 is 20.5 Å². The van der Waals surface area contributed by atoms with Gasteiger partial charge in [-0.1, -0.05) is 29.8 Å². The normalized spacial score (nSPS) is 11.9. The predicted octanol–water partition coefficient (Wildman–Crippen LogP) is 1.82. The molecule has 0 saturated carbocycles. The lowest BCUT2D eigenvalue weighted by atomic mass is 10.1. The number of hydrogen-bond donors (Lipinski definition) is 3. The lowest BCUT2D eigenvalue weighted by Gasteiger charge is -2.12. The molecule has 0 atom stereocenters. The fraction of sp³-hybridized carbons (Fsp3) is 0.350. The molecular formula is C20H28N4O3S. The second-order valence-corrected chi connectivity index (χ2v) is 7.85. The van der Waals surface area contributed by atoms with Gasteiger partial charge in [0.2, 0.25) is 10.0 Å². The van der Waals surface area contributed by atoms with E-state index in [1.165, 1.54) is 17.7 Å². The molecule has 2 aromatic rings. The summed E-state index contributed by atoms with van der Waals surface area (Å²) in [6.45, 7) is 6.53. The van der Waals surface area contributed by atoms with Gasteiger partial charge in [-0.15, -0.1) is 0 Å². The van der Waals surface area contributed by atoms with Crippen LogP contribution in [-0.2, 0) is 16.4 Å². The quantitative estimate of drug-likeness (QED) is 0.336. The van der Waals surface area contributed by atoms with Crippen LogP contribution in [0.3, 0.4) is 0 Å². The van der Waals surface area contributed by atoms with E-state index in [4.69, 9.17) is 9.88 Å². The molecule has 4 N–H and O–H groups in total. The molecule has 8 heteroatoms. The molecule has 28 heavy (non-hydrogen) atoms. The Kier molecular flexibility index (Phi) is 8.28. The van der Waals surface area contributed by atoms with E-state index in [2.05, 4.69) is 15.6 Å². The summed E-state index contributed by atoms with van der Waals surface area (Å²) in [5, 5.41) is 11.5. The van der Waals surface area contributed by atoms with Crippen LogP contribution in [0.5, 0.6) is 5.75 Å². The minimum absolute atomic E-state index is 0.114. The Morgan fingerprint density at radius 3 is 2.36 bits per heavy atom. The molecule has 0 fully saturated rings. The van der Waals surface area contributed by atoms with Gasteiger partial charge in [-0.05, 0) is 50.1 Å². The molecule has 0 radical (unpaired) electrons. The van der Waals surface area contributed by atoms with Gasteiger partial charge in [-0.3, -0.25) is 4.99 Å². The molecule has 0 saturated heterocycles. The van der Waals surface area contributed by atoms with E-state index < -0.39 is 10.0 Å². The first-order chi connectivity index (χ1) is 13.4. The van der Waals surface area contributed by atoms with Crippen molar-refractivity contribution in [3.8, 4) is 5.75 Å². The molecule has 0 heterocycles. The fourth-order valence-corrected chi connectivity index (χ4v) is 2.97. The topological polar surface area (TPSA) is 106 Å². The van der Waals surface area contributed by atoms with Crippen molar-refractivity contribution in [2.45, 2.75) is 25.2 Å². The van der Waals surface area contributed by atoms with E-state index in [-0.39, 0.29) is 4.90 Å². The molecule has 2 aromatic carbocycles.